The van der Waals surface area contributed by atoms with Crippen molar-refractivity contribution in [3.8, 4) is 11.8 Å². The molecule has 1 saturated carbocycles. The van der Waals surface area contributed by atoms with Crippen molar-refractivity contribution in [2.75, 3.05) is 0 Å². The predicted octanol–water partition coefficient (Wildman–Crippen LogP) is 2.70. The Morgan fingerprint density at radius 2 is 2.08 bits per heavy atom. The van der Waals surface area contributed by atoms with Gasteiger partial charge in [-0.3, -0.25) is 9.59 Å². The van der Waals surface area contributed by atoms with Crippen LogP contribution in [0.15, 0.2) is 12.2 Å². The Morgan fingerprint density at radius 1 is 1.32 bits per heavy atom. The Kier molecular flexibility index (Phi) is 10.1. The van der Waals surface area contributed by atoms with Crippen LogP contribution in [-0.2, 0) is 9.59 Å². The van der Waals surface area contributed by atoms with Crippen molar-refractivity contribution < 1.29 is 24.9 Å². The van der Waals surface area contributed by atoms with Crippen LogP contribution in [0, 0.1) is 23.7 Å². The van der Waals surface area contributed by atoms with Gasteiger partial charge >= 0.3 is 5.97 Å². The number of rotatable bonds is 10. The Labute approximate surface area is 150 Å². The zero-order valence-electron chi connectivity index (χ0n) is 15.0. The van der Waals surface area contributed by atoms with Gasteiger partial charge in [-0.2, -0.15) is 0 Å². The lowest BCUT2D eigenvalue weighted by Crippen LogP contribution is -2.19. The van der Waals surface area contributed by atoms with Gasteiger partial charge < -0.3 is 15.3 Å². The fourth-order valence-corrected chi connectivity index (χ4v) is 3.01. The average molecular weight is 350 g/mol. The number of hydrogen-bond acceptors (Lipinski definition) is 4. The first kappa shape index (κ1) is 21.4. The van der Waals surface area contributed by atoms with Crippen LogP contribution in [0.1, 0.15) is 64.7 Å². The number of carboxylic acids is 1. The smallest absolute Gasteiger partial charge is 0.303 e. The highest BCUT2D eigenvalue weighted by molar-refractivity contribution is 5.87. The van der Waals surface area contributed by atoms with E-state index in [1.807, 2.05) is 12.2 Å². The molecular weight excluding hydrogens is 320 g/mol. The molecule has 1 aliphatic carbocycles. The number of aliphatic carboxylic acids is 1. The molecule has 0 heterocycles. The number of carboxylic acid groups (broad SMARTS) is 1. The maximum atomic E-state index is 12.0. The summed E-state index contributed by atoms with van der Waals surface area (Å²) >= 11 is 0. The molecule has 0 spiro atoms. The van der Waals surface area contributed by atoms with Gasteiger partial charge in [-0.1, -0.05) is 43.8 Å². The summed E-state index contributed by atoms with van der Waals surface area (Å²) in [4.78, 5) is 22.5. The summed E-state index contributed by atoms with van der Waals surface area (Å²) in [5, 5.41) is 28.5. The van der Waals surface area contributed by atoms with Crippen LogP contribution in [0.25, 0.3) is 0 Å². The third kappa shape index (κ3) is 8.33. The van der Waals surface area contributed by atoms with E-state index in [0.717, 1.165) is 19.3 Å². The van der Waals surface area contributed by atoms with Crippen molar-refractivity contribution in [2.24, 2.45) is 11.8 Å². The van der Waals surface area contributed by atoms with Gasteiger partial charge in [-0.05, 0) is 32.1 Å². The van der Waals surface area contributed by atoms with Gasteiger partial charge in [0, 0.05) is 18.8 Å². The SMILES string of the molecule is CCCCC[C@H](O)C#CC1C(=O)C[C@H](O)[C@@H]1CC=CCCCC(=O)O. The Morgan fingerprint density at radius 3 is 2.76 bits per heavy atom. The number of Topliss-reactive ketones (excluding diaryl/α,β-unsaturated/α-hetero) is 1. The number of carbonyl (C=O) groups excluding carboxylic acids is 1. The van der Waals surface area contributed by atoms with Gasteiger partial charge in [-0.15, -0.1) is 0 Å². The number of aliphatic hydroxyl groups is 2. The highest BCUT2D eigenvalue weighted by Crippen LogP contribution is 2.32. The van der Waals surface area contributed by atoms with Crippen LogP contribution in [-0.4, -0.2) is 39.3 Å². The minimum absolute atomic E-state index is 0.0648. The molecule has 0 aromatic rings. The summed E-state index contributed by atoms with van der Waals surface area (Å²) in [5.74, 6) is 4.00. The molecule has 1 rings (SSSR count). The summed E-state index contributed by atoms with van der Waals surface area (Å²) < 4.78 is 0. The Balaban J connectivity index is 2.51. The molecule has 3 N–H and O–H groups in total. The van der Waals surface area contributed by atoms with E-state index in [-0.39, 0.29) is 24.5 Å². The average Bonchev–Trinajstić information content (AvgIpc) is 2.82. The number of allylic oxidation sites excluding steroid dienone is 2. The molecule has 1 unspecified atom stereocenters. The molecule has 140 valence electrons. The maximum Gasteiger partial charge on any atom is 0.303 e. The summed E-state index contributed by atoms with van der Waals surface area (Å²) in [6, 6.07) is 0. The van der Waals surface area contributed by atoms with Crippen molar-refractivity contribution in [1.29, 1.82) is 0 Å². The number of hydrogen-bond donors (Lipinski definition) is 3. The normalized spacial score (nSPS) is 24.3. The van der Waals surface area contributed by atoms with Gasteiger partial charge in [0.25, 0.3) is 0 Å². The van der Waals surface area contributed by atoms with Crippen molar-refractivity contribution >= 4 is 11.8 Å². The van der Waals surface area contributed by atoms with Crippen LogP contribution < -0.4 is 0 Å². The molecule has 0 amide bonds. The first-order valence-electron chi connectivity index (χ1n) is 9.22. The lowest BCUT2D eigenvalue weighted by molar-refractivity contribution is -0.137. The molecule has 25 heavy (non-hydrogen) atoms. The molecule has 1 fully saturated rings. The summed E-state index contributed by atoms with van der Waals surface area (Å²) in [5.41, 5.74) is 0. The van der Waals surface area contributed by atoms with Gasteiger partial charge in [0.15, 0.2) is 5.78 Å². The van der Waals surface area contributed by atoms with E-state index in [2.05, 4.69) is 18.8 Å². The molecule has 0 radical (unpaired) electrons. The van der Waals surface area contributed by atoms with Gasteiger partial charge in [-0.25, -0.2) is 0 Å². The fraction of sp³-hybridized carbons (Fsp3) is 0.700. The van der Waals surface area contributed by atoms with Crippen molar-refractivity contribution in [3.63, 3.8) is 0 Å². The molecule has 0 aromatic heterocycles. The highest BCUT2D eigenvalue weighted by atomic mass is 16.4. The number of ketones is 1. The quantitative estimate of drug-likeness (QED) is 0.320. The summed E-state index contributed by atoms with van der Waals surface area (Å²) in [7, 11) is 0. The van der Waals surface area contributed by atoms with E-state index in [9.17, 15) is 19.8 Å². The minimum atomic E-state index is -0.807. The van der Waals surface area contributed by atoms with Crippen molar-refractivity contribution in [1.82, 2.24) is 0 Å². The number of unbranched alkanes of at least 4 members (excludes halogenated alkanes) is 3. The zero-order valence-corrected chi connectivity index (χ0v) is 15.0. The van der Waals surface area contributed by atoms with Gasteiger partial charge in [0.1, 0.15) is 6.10 Å². The molecule has 0 aromatic carbocycles. The van der Waals surface area contributed by atoms with Crippen LogP contribution in [0.2, 0.25) is 0 Å². The minimum Gasteiger partial charge on any atom is -0.481 e. The molecule has 0 bridgehead atoms. The van der Waals surface area contributed by atoms with E-state index in [4.69, 9.17) is 5.11 Å². The lowest BCUT2D eigenvalue weighted by Gasteiger charge is -2.15. The molecular formula is C20H30O5. The fourth-order valence-electron chi connectivity index (χ4n) is 3.01. The van der Waals surface area contributed by atoms with E-state index < -0.39 is 24.1 Å². The van der Waals surface area contributed by atoms with Crippen LogP contribution in [0.3, 0.4) is 0 Å². The maximum absolute atomic E-state index is 12.0. The number of aliphatic hydroxyl groups excluding tert-OH is 2. The second-order valence-corrected chi connectivity index (χ2v) is 6.67. The van der Waals surface area contributed by atoms with Crippen molar-refractivity contribution in [2.45, 2.75) is 76.9 Å². The molecule has 4 atom stereocenters. The molecule has 0 saturated heterocycles. The lowest BCUT2D eigenvalue weighted by atomic mass is 9.91. The van der Waals surface area contributed by atoms with Gasteiger partial charge in [0.2, 0.25) is 0 Å². The summed E-state index contributed by atoms with van der Waals surface area (Å²) in [6.07, 6.45) is 8.03. The topological polar surface area (TPSA) is 94.8 Å². The number of carbonyl (C=O) groups is 2. The van der Waals surface area contributed by atoms with E-state index in [0.29, 0.717) is 25.7 Å². The van der Waals surface area contributed by atoms with E-state index in [1.54, 1.807) is 0 Å². The standard InChI is InChI=1S/C20H30O5/c1-2-3-6-9-15(21)12-13-17-16(18(22)14-19(17)23)10-7-4-5-8-11-20(24)25/h4,7,15-18,21-22H,2-3,5-6,8-11,14H2,1H3,(H,24,25)/t15-,16+,17?,18-/m0/s1. The highest BCUT2D eigenvalue weighted by Gasteiger charge is 2.39. The third-order valence-corrected chi connectivity index (χ3v) is 4.50. The van der Waals surface area contributed by atoms with E-state index >= 15 is 0 Å². The molecule has 0 aliphatic heterocycles. The molecule has 5 nitrogen and oxygen atoms in total. The Hall–Kier alpha value is -1.64. The third-order valence-electron chi connectivity index (χ3n) is 4.50. The van der Waals surface area contributed by atoms with Crippen LogP contribution >= 0.6 is 0 Å². The second-order valence-electron chi connectivity index (χ2n) is 6.67. The molecule has 5 heteroatoms. The predicted molar refractivity (Wildman–Crippen MR) is 95.8 cm³/mol. The largest absolute Gasteiger partial charge is 0.481 e. The first-order chi connectivity index (χ1) is 12.0. The second kappa shape index (κ2) is 11.8. The van der Waals surface area contributed by atoms with Crippen LogP contribution in [0.4, 0.5) is 0 Å². The monoisotopic (exact) mass is 350 g/mol. The zero-order chi connectivity index (χ0) is 18.7. The Bertz CT molecular complexity index is 514. The first-order valence-corrected chi connectivity index (χ1v) is 9.22. The van der Waals surface area contributed by atoms with Crippen molar-refractivity contribution in [3.05, 3.63) is 12.2 Å². The molecule has 1 aliphatic rings. The van der Waals surface area contributed by atoms with Crippen LogP contribution in [0.5, 0.6) is 0 Å². The van der Waals surface area contributed by atoms with E-state index in [1.165, 1.54) is 0 Å². The summed E-state index contributed by atoms with van der Waals surface area (Å²) in [6.45, 7) is 2.09. The van der Waals surface area contributed by atoms with Gasteiger partial charge in [0.05, 0.1) is 12.0 Å².